The van der Waals surface area contributed by atoms with Crippen LogP contribution in [-0.4, -0.2) is 71.1 Å². The molecular formula is C25H33N5O2. The lowest BCUT2D eigenvalue weighted by Crippen LogP contribution is -2.52. The van der Waals surface area contributed by atoms with Gasteiger partial charge < -0.3 is 14.7 Å². The van der Waals surface area contributed by atoms with Crippen molar-refractivity contribution in [2.45, 2.75) is 33.1 Å². The Balaban J connectivity index is 1.30. The van der Waals surface area contributed by atoms with Gasteiger partial charge in [0.15, 0.2) is 5.82 Å². The minimum atomic E-state index is 0.0490. The van der Waals surface area contributed by atoms with Crippen molar-refractivity contribution in [1.82, 2.24) is 20.0 Å². The highest BCUT2D eigenvalue weighted by Gasteiger charge is 2.35. The Morgan fingerprint density at radius 2 is 1.72 bits per heavy atom. The van der Waals surface area contributed by atoms with Crippen LogP contribution in [0.1, 0.15) is 33.1 Å². The van der Waals surface area contributed by atoms with Gasteiger partial charge in [-0.2, -0.15) is 0 Å². The number of hydrogen-bond donors (Lipinski definition) is 0. The van der Waals surface area contributed by atoms with Gasteiger partial charge in [0.1, 0.15) is 0 Å². The maximum Gasteiger partial charge on any atom is 0.242 e. The number of carbonyl (C=O) groups is 2. The molecule has 32 heavy (non-hydrogen) atoms. The summed E-state index contributed by atoms with van der Waals surface area (Å²) in [5, 5.41) is 8.78. The molecule has 1 saturated carbocycles. The summed E-state index contributed by atoms with van der Waals surface area (Å²) in [4.78, 5) is 31.4. The highest BCUT2D eigenvalue weighted by molar-refractivity contribution is 5.87. The monoisotopic (exact) mass is 435 g/mol. The molecule has 0 N–H and O–H groups in total. The van der Waals surface area contributed by atoms with E-state index in [0.717, 1.165) is 36.3 Å². The van der Waals surface area contributed by atoms with Crippen LogP contribution in [0.25, 0.3) is 11.3 Å². The summed E-state index contributed by atoms with van der Waals surface area (Å²) in [7, 11) is 0. The van der Waals surface area contributed by atoms with E-state index in [9.17, 15) is 9.59 Å². The Hall–Kier alpha value is -2.96. The highest BCUT2D eigenvalue weighted by Crippen LogP contribution is 2.31. The van der Waals surface area contributed by atoms with E-state index in [1.807, 2.05) is 47.4 Å². The lowest BCUT2D eigenvalue weighted by Gasteiger charge is -2.36. The molecule has 1 aliphatic carbocycles. The normalized spacial score (nSPS) is 16.3. The van der Waals surface area contributed by atoms with Crippen LogP contribution < -0.4 is 4.90 Å². The quantitative estimate of drug-likeness (QED) is 0.637. The van der Waals surface area contributed by atoms with E-state index in [1.54, 1.807) is 4.90 Å². The van der Waals surface area contributed by atoms with Crippen LogP contribution in [0.2, 0.25) is 0 Å². The smallest absolute Gasteiger partial charge is 0.242 e. The molecule has 2 aliphatic rings. The van der Waals surface area contributed by atoms with Gasteiger partial charge in [-0.05, 0) is 37.3 Å². The van der Waals surface area contributed by atoms with Crippen molar-refractivity contribution < 1.29 is 9.59 Å². The maximum absolute atomic E-state index is 12.9. The number of anilines is 1. The lowest BCUT2D eigenvalue weighted by atomic mass is 10.1. The van der Waals surface area contributed by atoms with Crippen LogP contribution in [0.4, 0.5) is 5.82 Å². The van der Waals surface area contributed by atoms with Crippen LogP contribution in [0.3, 0.4) is 0 Å². The average Bonchev–Trinajstić information content (AvgIpc) is 3.67. The van der Waals surface area contributed by atoms with Gasteiger partial charge in [-0.25, -0.2) is 0 Å². The van der Waals surface area contributed by atoms with E-state index in [4.69, 9.17) is 0 Å². The predicted molar refractivity (Wildman–Crippen MR) is 125 cm³/mol. The molecule has 1 saturated heterocycles. The molecule has 7 nitrogen and oxygen atoms in total. The Bertz CT molecular complexity index is 904. The van der Waals surface area contributed by atoms with E-state index in [-0.39, 0.29) is 24.3 Å². The fraction of sp³-hybridized carbons (Fsp3) is 0.520. The predicted octanol–water partition coefficient (Wildman–Crippen LogP) is 3.08. The summed E-state index contributed by atoms with van der Waals surface area (Å²) < 4.78 is 0. The van der Waals surface area contributed by atoms with Gasteiger partial charge in [0.25, 0.3) is 0 Å². The first kappa shape index (κ1) is 22.2. The zero-order chi connectivity index (χ0) is 22.5. The van der Waals surface area contributed by atoms with Crippen LogP contribution in [0.5, 0.6) is 0 Å². The molecule has 0 unspecified atom stereocenters. The molecule has 2 aromatic rings. The van der Waals surface area contributed by atoms with Gasteiger partial charge in [-0.1, -0.05) is 44.2 Å². The number of nitrogens with zero attached hydrogens (tertiary/aromatic N) is 5. The third-order valence-corrected chi connectivity index (χ3v) is 6.22. The van der Waals surface area contributed by atoms with Gasteiger partial charge in [-0.3, -0.25) is 9.59 Å². The van der Waals surface area contributed by atoms with Crippen molar-refractivity contribution in [3.63, 3.8) is 0 Å². The minimum Gasteiger partial charge on any atom is -0.352 e. The van der Waals surface area contributed by atoms with Crippen molar-refractivity contribution in [3.8, 4) is 11.3 Å². The van der Waals surface area contributed by atoms with E-state index < -0.39 is 0 Å². The first-order chi connectivity index (χ1) is 15.5. The Morgan fingerprint density at radius 1 is 1.00 bits per heavy atom. The third kappa shape index (κ3) is 5.64. The maximum atomic E-state index is 12.9. The number of piperazine rings is 1. The molecule has 7 heteroatoms. The van der Waals surface area contributed by atoms with Gasteiger partial charge >= 0.3 is 0 Å². The fourth-order valence-corrected chi connectivity index (χ4v) is 3.97. The Morgan fingerprint density at radius 3 is 2.31 bits per heavy atom. The molecule has 170 valence electrons. The van der Waals surface area contributed by atoms with E-state index in [0.29, 0.717) is 38.6 Å². The molecule has 2 fully saturated rings. The zero-order valence-electron chi connectivity index (χ0n) is 19.1. The molecule has 1 aromatic carbocycles. The van der Waals surface area contributed by atoms with Crippen molar-refractivity contribution in [3.05, 3.63) is 42.5 Å². The molecule has 4 rings (SSSR count). The molecule has 1 aromatic heterocycles. The zero-order valence-corrected chi connectivity index (χ0v) is 19.1. The van der Waals surface area contributed by atoms with Crippen LogP contribution in [0, 0.1) is 11.8 Å². The second kappa shape index (κ2) is 10.1. The first-order valence-electron chi connectivity index (χ1n) is 11.7. The summed E-state index contributed by atoms with van der Waals surface area (Å²) in [6.07, 6.45) is 2.86. The number of carbonyl (C=O) groups excluding carboxylic acids is 2. The second-order valence-electron chi connectivity index (χ2n) is 9.23. The molecule has 0 atom stereocenters. The number of aromatic nitrogens is 2. The number of benzene rings is 1. The minimum absolute atomic E-state index is 0.0490. The summed E-state index contributed by atoms with van der Waals surface area (Å²) in [6.45, 7) is 7.87. The highest BCUT2D eigenvalue weighted by atomic mass is 16.2. The largest absolute Gasteiger partial charge is 0.352 e. The van der Waals surface area contributed by atoms with Crippen molar-refractivity contribution in [1.29, 1.82) is 0 Å². The van der Waals surface area contributed by atoms with Crippen molar-refractivity contribution >= 4 is 17.6 Å². The van der Waals surface area contributed by atoms with Crippen LogP contribution in [-0.2, 0) is 9.59 Å². The molecular weight excluding hydrogens is 402 g/mol. The van der Waals surface area contributed by atoms with E-state index in [2.05, 4.69) is 28.9 Å². The summed E-state index contributed by atoms with van der Waals surface area (Å²) in [6, 6.07) is 14.0. The average molecular weight is 436 g/mol. The first-order valence-corrected chi connectivity index (χ1v) is 11.7. The van der Waals surface area contributed by atoms with Crippen LogP contribution in [0.15, 0.2) is 42.5 Å². The van der Waals surface area contributed by atoms with Crippen molar-refractivity contribution in [2.24, 2.45) is 11.8 Å². The summed E-state index contributed by atoms with van der Waals surface area (Å²) in [5.41, 5.74) is 1.90. The van der Waals surface area contributed by atoms with Gasteiger partial charge in [0.05, 0.1) is 12.2 Å². The fourth-order valence-electron chi connectivity index (χ4n) is 3.97. The molecule has 0 bridgehead atoms. The molecule has 2 amide bonds. The molecule has 0 spiro atoms. The summed E-state index contributed by atoms with van der Waals surface area (Å²) in [5.74, 6) is 1.69. The third-order valence-electron chi connectivity index (χ3n) is 6.22. The number of rotatable bonds is 8. The van der Waals surface area contributed by atoms with E-state index in [1.165, 1.54) is 0 Å². The lowest BCUT2D eigenvalue weighted by molar-refractivity contribution is -0.141. The van der Waals surface area contributed by atoms with Gasteiger partial charge in [0, 0.05) is 44.2 Å². The SMILES string of the molecule is CC(C)CCN(CC(=O)N1CCN(c2ccc(-c3ccccc3)nn2)CC1)C(=O)C1CC1. The Labute approximate surface area is 190 Å². The molecule has 1 aliphatic heterocycles. The molecule has 2 heterocycles. The standard InChI is InChI=1S/C25H33N5O2/c1-19(2)12-13-30(25(32)21-8-9-21)18-24(31)29-16-14-28(15-17-29)23-11-10-22(26-27-23)20-6-4-3-5-7-20/h3-7,10-11,19,21H,8-9,12-18H2,1-2H3. The molecule has 0 radical (unpaired) electrons. The summed E-state index contributed by atoms with van der Waals surface area (Å²) >= 11 is 0. The number of hydrogen-bond acceptors (Lipinski definition) is 5. The number of amides is 2. The van der Waals surface area contributed by atoms with Crippen LogP contribution >= 0.6 is 0 Å². The Kier molecular flexibility index (Phi) is 7.02. The van der Waals surface area contributed by atoms with Crippen molar-refractivity contribution in [2.75, 3.05) is 44.2 Å². The van der Waals surface area contributed by atoms with Gasteiger partial charge in [0.2, 0.25) is 11.8 Å². The van der Waals surface area contributed by atoms with E-state index >= 15 is 0 Å². The van der Waals surface area contributed by atoms with Gasteiger partial charge in [-0.15, -0.1) is 10.2 Å². The second-order valence-corrected chi connectivity index (χ2v) is 9.23. The topological polar surface area (TPSA) is 69.6 Å².